The summed E-state index contributed by atoms with van der Waals surface area (Å²) in [5, 5.41) is 14.0. The molecule has 0 saturated carbocycles. The largest absolute Gasteiger partial charge is 0.551 e. The Balaban J connectivity index is 1.36. The van der Waals surface area contributed by atoms with Crippen LogP contribution in [0.2, 0.25) is 0 Å². The maximum Gasteiger partial charge on any atom is 0.551 e. The number of carbonyl (C=O) groups is 1. The monoisotopic (exact) mass is 690 g/mol. The molecule has 0 aromatic heterocycles. The summed E-state index contributed by atoms with van der Waals surface area (Å²) < 4.78 is 34.5. The van der Waals surface area contributed by atoms with Crippen LogP contribution in [0.4, 0.5) is 10.5 Å². The molecule has 47 heavy (non-hydrogen) atoms. The average molecular weight is 691 g/mol. The van der Waals surface area contributed by atoms with Gasteiger partial charge in [0.25, 0.3) is 7.37 Å². The van der Waals surface area contributed by atoms with Crippen molar-refractivity contribution >= 4 is 44.2 Å². The van der Waals surface area contributed by atoms with Gasteiger partial charge in [-0.15, -0.1) is 0 Å². The Labute approximate surface area is 277 Å². The van der Waals surface area contributed by atoms with E-state index in [1.54, 1.807) is 30.1 Å². The third-order valence-electron chi connectivity index (χ3n) is 7.60. The zero-order valence-electron chi connectivity index (χ0n) is 27.6. The van der Waals surface area contributed by atoms with Crippen LogP contribution in [-0.4, -0.2) is 110 Å². The van der Waals surface area contributed by atoms with Gasteiger partial charge in [-0.3, -0.25) is 9.46 Å². The molecule has 3 aromatic rings. The van der Waals surface area contributed by atoms with E-state index in [1.807, 2.05) is 27.2 Å². The van der Waals surface area contributed by atoms with Crippen molar-refractivity contribution in [3.05, 3.63) is 71.8 Å². The van der Waals surface area contributed by atoms with Gasteiger partial charge in [0.05, 0.1) is 12.8 Å². The van der Waals surface area contributed by atoms with E-state index in [2.05, 4.69) is 56.7 Å². The van der Waals surface area contributed by atoms with Crippen molar-refractivity contribution in [3.63, 3.8) is 0 Å². The molecule has 3 aromatic carbocycles. The summed E-state index contributed by atoms with van der Waals surface area (Å²) in [6.07, 6.45) is 1.11. The highest BCUT2D eigenvalue weighted by molar-refractivity contribution is 7.70. The third-order valence-corrected chi connectivity index (χ3v) is 11.6. The number of nitrogens with zero attached hydrogens (tertiary/aromatic N) is 4. The average Bonchev–Trinajstić information content (AvgIpc) is 3.01. The van der Waals surface area contributed by atoms with E-state index >= 15 is 0 Å². The summed E-state index contributed by atoms with van der Waals surface area (Å²) >= 11 is 0. The van der Waals surface area contributed by atoms with Crippen LogP contribution in [0.1, 0.15) is 24.0 Å². The number of benzene rings is 3. The third kappa shape index (κ3) is 11.4. The number of ether oxygens (including phenoxy) is 2. The minimum atomic E-state index is -4.19. The zero-order chi connectivity index (χ0) is 34.6. The molecule has 0 saturated heterocycles. The lowest BCUT2D eigenvalue weighted by atomic mass is 10.0. The topological polar surface area (TPSA) is 164 Å². The maximum atomic E-state index is 12.2. The van der Waals surface area contributed by atoms with Crippen molar-refractivity contribution in [3.8, 4) is 5.75 Å². The van der Waals surface area contributed by atoms with Gasteiger partial charge in [-0.2, -0.15) is 9.99 Å². The van der Waals surface area contributed by atoms with Crippen molar-refractivity contribution in [2.24, 2.45) is 5.10 Å². The van der Waals surface area contributed by atoms with Gasteiger partial charge in [0.1, 0.15) is 12.4 Å². The van der Waals surface area contributed by atoms with E-state index in [0.29, 0.717) is 44.0 Å². The van der Waals surface area contributed by atoms with Gasteiger partial charge in [0, 0.05) is 64.4 Å². The Morgan fingerprint density at radius 2 is 1.70 bits per heavy atom. The van der Waals surface area contributed by atoms with Gasteiger partial charge in [-0.25, -0.2) is 10.2 Å². The molecular weight excluding hydrogens is 644 g/mol. The molecule has 0 aliphatic heterocycles. The standard InChI is InChI=1S/C32H45N5O8P2/c1-35(2)30-15-8-13-28-26(11-7-14-29(28)30)24-37(4)19-21-45-31(38)34-33-23-25-10-6-12-27(22-25)44-20-9-17-36(3)18-16-32(39,46(40)41)47(5,42)43/h6-8,10-15,22-23,39H,9,16-21,24H2,1-5H3,(H2-,34,38,40,41,42,43)/p+1/b33-23+. The number of aliphatic hydroxyl groups is 1. The number of likely N-dealkylation sites (N-methyl/N-ethyl adjacent to an activating group) is 1. The Bertz CT molecular complexity index is 1580. The van der Waals surface area contributed by atoms with Crippen molar-refractivity contribution < 1.29 is 38.3 Å². The normalized spacial score (nSPS) is 14.6. The lowest BCUT2D eigenvalue weighted by Gasteiger charge is -2.22. The predicted octanol–water partition coefficient (Wildman–Crippen LogP) is 4.47. The zero-order valence-corrected chi connectivity index (χ0v) is 29.4. The molecule has 4 N–H and O–H groups in total. The molecule has 3 atom stereocenters. The van der Waals surface area contributed by atoms with Crippen LogP contribution in [0.15, 0.2) is 65.8 Å². The Kier molecular flexibility index (Phi) is 14.3. The number of hydrogen-bond donors (Lipinski definition) is 4. The molecule has 0 aliphatic rings. The number of hydrazone groups is 1. The van der Waals surface area contributed by atoms with Gasteiger partial charge in [-0.1, -0.05) is 42.5 Å². The quantitative estimate of drug-likeness (QED) is 0.0645. The van der Waals surface area contributed by atoms with E-state index in [4.69, 9.17) is 9.47 Å². The van der Waals surface area contributed by atoms with Crippen LogP contribution in [0, 0.1) is 0 Å². The molecule has 0 aliphatic carbocycles. The van der Waals surface area contributed by atoms with Gasteiger partial charge >= 0.3 is 19.2 Å². The number of anilines is 1. The number of fused-ring (bicyclic) bond motifs is 1. The van der Waals surface area contributed by atoms with E-state index < -0.39 is 26.6 Å². The number of carbonyl (C=O) groups excluding carboxylic acids is 1. The molecule has 0 heterocycles. The summed E-state index contributed by atoms with van der Waals surface area (Å²) in [5.41, 5.74) is 5.44. The molecule has 0 fully saturated rings. The highest BCUT2D eigenvalue weighted by Crippen LogP contribution is 2.61. The van der Waals surface area contributed by atoms with E-state index in [-0.39, 0.29) is 19.6 Å². The molecule has 0 radical (unpaired) electrons. The number of hydrogen-bond acceptors (Lipinski definition) is 10. The fourth-order valence-corrected chi connectivity index (χ4v) is 6.94. The first-order valence-corrected chi connectivity index (χ1v) is 18.5. The molecule has 3 unspecified atom stereocenters. The number of nitrogens with one attached hydrogen (secondary N) is 1. The molecular formula is C32H46N5O8P2+. The molecule has 0 bridgehead atoms. The van der Waals surface area contributed by atoms with Crippen LogP contribution in [0.3, 0.4) is 0 Å². The molecule has 256 valence electrons. The fourth-order valence-electron chi connectivity index (χ4n) is 4.87. The smallest absolute Gasteiger partial charge is 0.494 e. The molecule has 1 amide bonds. The first kappa shape index (κ1) is 38.0. The molecule has 15 heteroatoms. The van der Waals surface area contributed by atoms with Gasteiger partial charge < -0.3 is 29.3 Å². The van der Waals surface area contributed by atoms with E-state index in [1.165, 1.54) is 22.6 Å². The Hall–Kier alpha value is -3.41. The minimum absolute atomic E-state index is 0.151. The minimum Gasteiger partial charge on any atom is -0.494 e. The Morgan fingerprint density at radius 1 is 1.00 bits per heavy atom. The van der Waals surface area contributed by atoms with Crippen molar-refractivity contribution in [2.75, 3.05) is 72.6 Å². The van der Waals surface area contributed by atoms with E-state index in [9.17, 15) is 28.8 Å². The van der Waals surface area contributed by atoms with Crippen LogP contribution >= 0.6 is 15.4 Å². The maximum absolute atomic E-state index is 12.2. The summed E-state index contributed by atoms with van der Waals surface area (Å²) in [6, 6.07) is 19.7. The summed E-state index contributed by atoms with van der Waals surface area (Å²) in [5.74, 6) is 0.602. The highest BCUT2D eigenvalue weighted by Gasteiger charge is 2.59. The van der Waals surface area contributed by atoms with Crippen molar-refractivity contribution in [1.82, 2.24) is 15.2 Å². The van der Waals surface area contributed by atoms with Gasteiger partial charge in [-0.05, 0) is 59.8 Å². The molecule has 13 nitrogen and oxygen atoms in total. The first-order valence-electron chi connectivity index (χ1n) is 15.1. The van der Waals surface area contributed by atoms with Gasteiger partial charge in [0.15, 0.2) is 0 Å². The second-order valence-electron chi connectivity index (χ2n) is 11.7. The van der Waals surface area contributed by atoms with Crippen LogP contribution in [0.5, 0.6) is 5.75 Å². The summed E-state index contributed by atoms with van der Waals surface area (Å²) in [4.78, 5) is 37.2. The molecule has 3 rings (SSSR count). The fraction of sp³-hybridized carbons (Fsp3) is 0.438. The van der Waals surface area contributed by atoms with Crippen LogP contribution in [0.25, 0.3) is 10.8 Å². The summed E-state index contributed by atoms with van der Waals surface area (Å²) in [7, 11) is 0.347. The van der Waals surface area contributed by atoms with Crippen LogP contribution in [-0.2, 0) is 20.4 Å². The van der Waals surface area contributed by atoms with Crippen LogP contribution < -0.4 is 15.1 Å². The predicted molar refractivity (Wildman–Crippen MR) is 186 cm³/mol. The number of rotatable bonds is 18. The molecule has 0 spiro atoms. The SMILES string of the molecule is CN(CCCOc1cccc(/C=N/NC(=O)OCCN(C)Cc2cccc3c(N(C)C)cccc23)c1)CCC(O)([P+](=O)O)P(C)(=O)O. The van der Waals surface area contributed by atoms with Crippen molar-refractivity contribution in [1.29, 1.82) is 0 Å². The number of amides is 1. The lowest BCUT2D eigenvalue weighted by molar-refractivity contribution is 0.132. The summed E-state index contributed by atoms with van der Waals surface area (Å²) in [6.45, 7) is 3.38. The highest BCUT2D eigenvalue weighted by atomic mass is 31.2. The second-order valence-corrected chi connectivity index (χ2v) is 15.8. The lowest BCUT2D eigenvalue weighted by Crippen LogP contribution is -2.31. The van der Waals surface area contributed by atoms with Crippen molar-refractivity contribution in [2.45, 2.75) is 24.5 Å². The second kappa shape index (κ2) is 17.7. The first-order chi connectivity index (χ1) is 22.2. The van der Waals surface area contributed by atoms with E-state index in [0.717, 1.165) is 12.4 Å². The van der Waals surface area contributed by atoms with Gasteiger partial charge in [0.2, 0.25) is 0 Å². The Morgan fingerprint density at radius 3 is 2.40 bits per heavy atom.